The summed E-state index contributed by atoms with van der Waals surface area (Å²) >= 11 is 0. The molecule has 5 nitrogen and oxygen atoms in total. The molecule has 0 aromatic rings. The predicted octanol–water partition coefficient (Wildman–Crippen LogP) is -0.577. The Labute approximate surface area is 78.0 Å². The van der Waals surface area contributed by atoms with Gasteiger partial charge in [0.2, 0.25) is 0 Å². The molecule has 13 heavy (non-hydrogen) atoms. The number of amides is 2. The fourth-order valence-electron chi connectivity index (χ4n) is 1.28. The quantitative estimate of drug-likeness (QED) is 0.553. The van der Waals surface area contributed by atoms with Crippen LogP contribution in [0, 0.1) is 0 Å². The van der Waals surface area contributed by atoms with Gasteiger partial charge in [-0.3, -0.25) is 0 Å². The lowest BCUT2D eigenvalue weighted by molar-refractivity contribution is 0.0732. The van der Waals surface area contributed by atoms with Gasteiger partial charge >= 0.3 is 6.03 Å². The van der Waals surface area contributed by atoms with Crippen molar-refractivity contribution in [2.45, 2.75) is 18.9 Å². The van der Waals surface area contributed by atoms with Crippen LogP contribution in [-0.2, 0) is 4.74 Å². The molecule has 0 aromatic carbocycles. The van der Waals surface area contributed by atoms with Crippen LogP contribution in [0.2, 0.25) is 0 Å². The van der Waals surface area contributed by atoms with Gasteiger partial charge < -0.3 is 21.1 Å². The van der Waals surface area contributed by atoms with Crippen molar-refractivity contribution in [2.75, 3.05) is 26.3 Å². The topological polar surface area (TPSA) is 76.4 Å². The van der Waals surface area contributed by atoms with Crippen LogP contribution in [0.15, 0.2) is 0 Å². The first-order valence-electron chi connectivity index (χ1n) is 4.65. The molecular weight excluding hydrogens is 170 g/mol. The minimum Gasteiger partial charge on any atom is -0.379 e. The average molecular weight is 187 g/mol. The summed E-state index contributed by atoms with van der Waals surface area (Å²) in [5.74, 6) is 0. The number of carbonyl (C=O) groups excluding carboxylic acids is 1. The van der Waals surface area contributed by atoms with E-state index in [0.717, 1.165) is 19.4 Å². The van der Waals surface area contributed by atoms with E-state index in [-0.39, 0.29) is 12.1 Å². The molecule has 2 amide bonds. The number of hydrogen-bond donors (Lipinski definition) is 3. The van der Waals surface area contributed by atoms with Crippen LogP contribution in [-0.4, -0.2) is 38.4 Å². The average Bonchev–Trinajstić information content (AvgIpc) is 2.16. The second-order valence-corrected chi connectivity index (χ2v) is 3.10. The molecule has 76 valence electrons. The van der Waals surface area contributed by atoms with E-state index in [4.69, 9.17) is 10.5 Å². The summed E-state index contributed by atoms with van der Waals surface area (Å²) in [6.45, 7) is 2.41. The van der Waals surface area contributed by atoms with Gasteiger partial charge in [0.25, 0.3) is 0 Å². The van der Waals surface area contributed by atoms with Crippen molar-refractivity contribution in [1.29, 1.82) is 0 Å². The molecule has 1 saturated heterocycles. The summed E-state index contributed by atoms with van der Waals surface area (Å²) in [7, 11) is 0. The first-order chi connectivity index (χ1) is 6.33. The van der Waals surface area contributed by atoms with Gasteiger partial charge in [0, 0.05) is 19.7 Å². The van der Waals surface area contributed by atoms with Gasteiger partial charge in [-0.1, -0.05) is 0 Å². The van der Waals surface area contributed by atoms with E-state index >= 15 is 0 Å². The van der Waals surface area contributed by atoms with E-state index in [1.54, 1.807) is 0 Å². The molecule has 0 aliphatic carbocycles. The molecule has 1 atom stereocenters. The minimum absolute atomic E-state index is 0.152. The molecule has 0 bridgehead atoms. The van der Waals surface area contributed by atoms with Crippen LogP contribution in [0.25, 0.3) is 0 Å². The van der Waals surface area contributed by atoms with Crippen LogP contribution in [0.3, 0.4) is 0 Å². The fraction of sp³-hybridized carbons (Fsp3) is 0.875. The zero-order valence-electron chi connectivity index (χ0n) is 7.71. The lowest BCUT2D eigenvalue weighted by atomic mass is 10.1. The number of hydrogen-bond acceptors (Lipinski definition) is 3. The van der Waals surface area contributed by atoms with Crippen molar-refractivity contribution < 1.29 is 9.53 Å². The Morgan fingerprint density at radius 3 is 3.08 bits per heavy atom. The molecule has 5 heteroatoms. The maximum absolute atomic E-state index is 11.1. The molecule has 0 radical (unpaired) electrons. The van der Waals surface area contributed by atoms with E-state index in [1.807, 2.05) is 0 Å². The molecule has 0 aromatic heterocycles. The zero-order chi connectivity index (χ0) is 9.52. The van der Waals surface area contributed by atoms with Gasteiger partial charge in [0.05, 0.1) is 12.6 Å². The van der Waals surface area contributed by atoms with Crippen LogP contribution in [0.4, 0.5) is 4.79 Å². The first-order valence-corrected chi connectivity index (χ1v) is 4.65. The van der Waals surface area contributed by atoms with E-state index < -0.39 is 0 Å². The normalized spacial score (nSPS) is 22.4. The molecule has 0 saturated carbocycles. The molecule has 1 aliphatic rings. The Kier molecular flexibility index (Phi) is 4.56. The summed E-state index contributed by atoms with van der Waals surface area (Å²) in [4.78, 5) is 11.1. The minimum atomic E-state index is -0.152. The lowest BCUT2D eigenvalue weighted by Crippen LogP contribution is -2.46. The third-order valence-corrected chi connectivity index (χ3v) is 1.93. The van der Waals surface area contributed by atoms with Crippen LogP contribution >= 0.6 is 0 Å². The highest BCUT2D eigenvalue weighted by molar-refractivity contribution is 5.74. The lowest BCUT2D eigenvalue weighted by Gasteiger charge is -2.23. The summed E-state index contributed by atoms with van der Waals surface area (Å²) in [6, 6.07) is 0.00692. The second kappa shape index (κ2) is 5.77. The van der Waals surface area contributed by atoms with E-state index in [1.165, 1.54) is 0 Å². The van der Waals surface area contributed by atoms with Gasteiger partial charge in [-0.15, -0.1) is 0 Å². The van der Waals surface area contributed by atoms with Crippen LogP contribution in [0.5, 0.6) is 0 Å². The predicted molar refractivity (Wildman–Crippen MR) is 49.4 cm³/mol. The Morgan fingerprint density at radius 2 is 2.46 bits per heavy atom. The van der Waals surface area contributed by atoms with Crippen molar-refractivity contribution in [2.24, 2.45) is 5.73 Å². The van der Waals surface area contributed by atoms with Crippen molar-refractivity contribution in [3.63, 3.8) is 0 Å². The third-order valence-electron chi connectivity index (χ3n) is 1.93. The molecule has 1 fully saturated rings. The van der Waals surface area contributed by atoms with Gasteiger partial charge in [0.15, 0.2) is 0 Å². The van der Waals surface area contributed by atoms with Gasteiger partial charge in [0.1, 0.15) is 0 Å². The van der Waals surface area contributed by atoms with Crippen molar-refractivity contribution in [3.8, 4) is 0 Å². The molecule has 1 unspecified atom stereocenters. The molecule has 4 N–H and O–H groups in total. The number of ether oxygens (including phenoxy) is 1. The summed E-state index contributed by atoms with van der Waals surface area (Å²) in [5.41, 5.74) is 5.24. The highest BCUT2D eigenvalue weighted by Crippen LogP contribution is 2.04. The molecular formula is C8H17N3O2. The highest BCUT2D eigenvalue weighted by atomic mass is 16.5. The largest absolute Gasteiger partial charge is 0.379 e. The zero-order valence-corrected chi connectivity index (χ0v) is 7.71. The second-order valence-electron chi connectivity index (χ2n) is 3.10. The van der Waals surface area contributed by atoms with Gasteiger partial charge in [-0.05, 0) is 12.8 Å². The Balaban J connectivity index is 2.11. The number of urea groups is 1. The van der Waals surface area contributed by atoms with Crippen molar-refractivity contribution in [1.82, 2.24) is 10.6 Å². The van der Waals surface area contributed by atoms with Crippen molar-refractivity contribution in [3.05, 3.63) is 0 Å². The maximum atomic E-state index is 11.1. The number of rotatable bonds is 3. The van der Waals surface area contributed by atoms with E-state index in [9.17, 15) is 4.79 Å². The molecule has 0 spiro atoms. The third kappa shape index (κ3) is 4.10. The smallest absolute Gasteiger partial charge is 0.315 e. The molecule has 1 heterocycles. The number of carbonyl (C=O) groups is 1. The highest BCUT2D eigenvalue weighted by Gasteiger charge is 2.15. The van der Waals surface area contributed by atoms with E-state index in [2.05, 4.69) is 10.6 Å². The first kappa shape index (κ1) is 10.3. The number of nitrogens with two attached hydrogens (primary N) is 1. The Hall–Kier alpha value is -0.810. The fourth-order valence-corrected chi connectivity index (χ4v) is 1.28. The standard InChI is InChI=1S/C8H17N3O2/c9-3-4-10-8(12)11-7-2-1-5-13-6-7/h7H,1-6,9H2,(H2,10,11,12). The summed E-state index contributed by atoms with van der Waals surface area (Å²) < 4.78 is 5.22. The molecule has 1 aliphatic heterocycles. The monoisotopic (exact) mass is 187 g/mol. The Morgan fingerprint density at radius 1 is 1.62 bits per heavy atom. The Bertz CT molecular complexity index is 157. The van der Waals surface area contributed by atoms with Crippen LogP contribution in [0.1, 0.15) is 12.8 Å². The molecule has 1 rings (SSSR count). The SMILES string of the molecule is NCCNC(=O)NC1CCCOC1. The van der Waals surface area contributed by atoms with Gasteiger partial charge in [-0.25, -0.2) is 4.79 Å². The summed E-state index contributed by atoms with van der Waals surface area (Å²) in [6.07, 6.45) is 2.01. The van der Waals surface area contributed by atoms with Gasteiger partial charge in [-0.2, -0.15) is 0 Å². The van der Waals surface area contributed by atoms with Crippen LogP contribution < -0.4 is 16.4 Å². The summed E-state index contributed by atoms with van der Waals surface area (Å²) in [5, 5.41) is 5.47. The number of nitrogens with one attached hydrogen (secondary N) is 2. The van der Waals surface area contributed by atoms with Crippen molar-refractivity contribution >= 4 is 6.03 Å². The maximum Gasteiger partial charge on any atom is 0.315 e. The van der Waals surface area contributed by atoms with E-state index in [0.29, 0.717) is 19.7 Å².